The zero-order valence-corrected chi connectivity index (χ0v) is 43.0. The van der Waals surface area contributed by atoms with Crippen molar-refractivity contribution in [2.75, 3.05) is 13.2 Å². The van der Waals surface area contributed by atoms with Gasteiger partial charge in [0.15, 0.2) is 6.29 Å². The maximum atomic E-state index is 13.1. The standard InChI is InChI=1S/C55H109NO10/c1-3-5-7-9-11-13-15-17-18-19-20-21-22-23-24-25-26-27-28-29-30-31-33-34-36-38-40-42-47(58)50(60)46(45-65-55-53(63)52(62)51(61)49(44-57)66-55)56-54(64)48(59)43-41-39-37-35-32-16-14-12-10-8-6-4-2/h46-53,55,57-63H,3-45H2,1-2H3,(H,56,64). The van der Waals surface area contributed by atoms with Gasteiger partial charge >= 0.3 is 0 Å². The molecule has 1 aliphatic heterocycles. The van der Waals surface area contributed by atoms with Gasteiger partial charge in [0.05, 0.1) is 25.4 Å². The molecule has 0 radical (unpaired) electrons. The molecule has 1 heterocycles. The molecule has 11 heteroatoms. The quantitative estimate of drug-likeness (QED) is 0.0273. The van der Waals surface area contributed by atoms with E-state index in [0.717, 1.165) is 38.5 Å². The average molecular weight is 944 g/mol. The topological polar surface area (TPSA) is 189 Å². The molecule has 11 nitrogen and oxygen atoms in total. The summed E-state index contributed by atoms with van der Waals surface area (Å²) in [5, 5.41) is 76.0. The molecule has 1 saturated heterocycles. The third kappa shape index (κ3) is 33.6. The molecule has 0 bridgehead atoms. The fourth-order valence-corrected chi connectivity index (χ4v) is 9.50. The van der Waals surface area contributed by atoms with Gasteiger partial charge in [0.25, 0.3) is 0 Å². The number of unbranched alkanes of at least 4 members (excludes halogenated alkanes) is 37. The van der Waals surface area contributed by atoms with E-state index < -0.39 is 74.2 Å². The highest BCUT2D eigenvalue weighted by Crippen LogP contribution is 2.24. The monoisotopic (exact) mass is 944 g/mol. The van der Waals surface area contributed by atoms with Crippen LogP contribution in [0, 0.1) is 0 Å². The van der Waals surface area contributed by atoms with E-state index >= 15 is 0 Å². The molecule has 394 valence electrons. The van der Waals surface area contributed by atoms with Crippen molar-refractivity contribution in [2.45, 2.75) is 332 Å². The van der Waals surface area contributed by atoms with Crippen LogP contribution in [0.1, 0.15) is 277 Å². The Balaban J connectivity index is 2.24. The molecule has 0 aromatic carbocycles. The van der Waals surface area contributed by atoms with Crippen LogP contribution in [0.5, 0.6) is 0 Å². The Kier molecular flexibility index (Phi) is 43.3. The summed E-state index contributed by atoms with van der Waals surface area (Å²) in [4.78, 5) is 13.1. The lowest BCUT2D eigenvalue weighted by atomic mass is 9.98. The summed E-state index contributed by atoms with van der Waals surface area (Å²) in [6.07, 6.45) is 38.8. The minimum absolute atomic E-state index is 0.266. The predicted molar refractivity (Wildman–Crippen MR) is 270 cm³/mol. The fourth-order valence-electron chi connectivity index (χ4n) is 9.50. The van der Waals surface area contributed by atoms with Crippen molar-refractivity contribution < 1.29 is 50.0 Å². The van der Waals surface area contributed by atoms with Crippen LogP contribution in [0.4, 0.5) is 0 Å². The highest BCUT2D eigenvalue weighted by Gasteiger charge is 2.44. The van der Waals surface area contributed by atoms with Crippen LogP contribution in [0.2, 0.25) is 0 Å². The third-order valence-corrected chi connectivity index (χ3v) is 14.2. The minimum atomic E-state index is -1.66. The van der Waals surface area contributed by atoms with Gasteiger partial charge in [0, 0.05) is 0 Å². The highest BCUT2D eigenvalue weighted by molar-refractivity contribution is 5.80. The van der Waals surface area contributed by atoms with Crippen LogP contribution in [0.3, 0.4) is 0 Å². The van der Waals surface area contributed by atoms with E-state index in [-0.39, 0.29) is 6.42 Å². The Morgan fingerprint density at radius 1 is 0.470 bits per heavy atom. The van der Waals surface area contributed by atoms with Crippen LogP contribution in [-0.2, 0) is 14.3 Å². The van der Waals surface area contributed by atoms with E-state index in [0.29, 0.717) is 19.3 Å². The maximum Gasteiger partial charge on any atom is 0.249 e. The van der Waals surface area contributed by atoms with Gasteiger partial charge in [-0.2, -0.15) is 0 Å². The molecule has 66 heavy (non-hydrogen) atoms. The highest BCUT2D eigenvalue weighted by atomic mass is 16.7. The Labute approximate surface area is 405 Å². The van der Waals surface area contributed by atoms with Crippen molar-refractivity contribution in [3.05, 3.63) is 0 Å². The van der Waals surface area contributed by atoms with E-state index in [9.17, 15) is 40.5 Å². The van der Waals surface area contributed by atoms with Crippen molar-refractivity contribution in [1.29, 1.82) is 0 Å². The molecule has 0 aromatic rings. The number of aliphatic hydroxyl groups is 7. The zero-order chi connectivity index (χ0) is 48.3. The number of ether oxygens (including phenoxy) is 2. The zero-order valence-electron chi connectivity index (χ0n) is 43.0. The number of carbonyl (C=O) groups is 1. The van der Waals surface area contributed by atoms with Crippen molar-refractivity contribution in [1.82, 2.24) is 5.32 Å². The number of carbonyl (C=O) groups excluding carboxylic acids is 1. The van der Waals surface area contributed by atoms with E-state index in [1.54, 1.807) is 0 Å². The average Bonchev–Trinajstić information content (AvgIpc) is 3.32. The van der Waals surface area contributed by atoms with Crippen molar-refractivity contribution in [3.63, 3.8) is 0 Å². The molecule has 1 fully saturated rings. The number of rotatable bonds is 49. The first kappa shape index (κ1) is 63.1. The second-order valence-electron chi connectivity index (χ2n) is 20.4. The fraction of sp³-hybridized carbons (Fsp3) is 0.982. The molecule has 0 aromatic heterocycles. The lowest BCUT2D eigenvalue weighted by Crippen LogP contribution is -2.60. The number of amides is 1. The van der Waals surface area contributed by atoms with Crippen LogP contribution in [0.15, 0.2) is 0 Å². The molecule has 0 spiro atoms. The van der Waals surface area contributed by atoms with Gasteiger partial charge in [-0.25, -0.2) is 0 Å². The normalized spacial score (nSPS) is 20.7. The molecule has 1 rings (SSSR count). The summed E-state index contributed by atoms with van der Waals surface area (Å²) >= 11 is 0. The number of aliphatic hydroxyl groups excluding tert-OH is 7. The molecule has 9 atom stereocenters. The van der Waals surface area contributed by atoms with Crippen LogP contribution >= 0.6 is 0 Å². The maximum absolute atomic E-state index is 13.1. The summed E-state index contributed by atoms with van der Waals surface area (Å²) in [7, 11) is 0. The Hall–Kier alpha value is -0.890. The van der Waals surface area contributed by atoms with Crippen LogP contribution in [0.25, 0.3) is 0 Å². The van der Waals surface area contributed by atoms with Crippen LogP contribution < -0.4 is 5.32 Å². The van der Waals surface area contributed by atoms with Crippen molar-refractivity contribution in [3.8, 4) is 0 Å². The second kappa shape index (κ2) is 45.3. The van der Waals surface area contributed by atoms with Crippen LogP contribution in [-0.4, -0.2) is 110 Å². The van der Waals surface area contributed by atoms with Gasteiger partial charge in [-0.1, -0.05) is 264 Å². The smallest absolute Gasteiger partial charge is 0.249 e. The van der Waals surface area contributed by atoms with Gasteiger partial charge in [-0.3, -0.25) is 4.79 Å². The van der Waals surface area contributed by atoms with E-state index in [2.05, 4.69) is 19.2 Å². The van der Waals surface area contributed by atoms with Crippen molar-refractivity contribution in [2.24, 2.45) is 0 Å². The van der Waals surface area contributed by atoms with E-state index in [4.69, 9.17) is 9.47 Å². The SMILES string of the molecule is CCCCCCCCCCCCCCCCCCCCCCCCCCCCCC(O)C(O)C(COC1OC(CO)C(O)C(O)C1O)NC(=O)C(O)CCCCCCCCCCCCCC. The van der Waals surface area contributed by atoms with Gasteiger partial charge < -0.3 is 50.5 Å². The predicted octanol–water partition coefficient (Wildman–Crippen LogP) is 11.4. The number of hydrogen-bond donors (Lipinski definition) is 8. The minimum Gasteiger partial charge on any atom is -0.394 e. The van der Waals surface area contributed by atoms with Crippen molar-refractivity contribution >= 4 is 5.91 Å². The summed E-state index contributed by atoms with van der Waals surface area (Å²) in [5.74, 6) is -0.692. The molecule has 9 unspecified atom stereocenters. The summed E-state index contributed by atoms with van der Waals surface area (Å²) in [6.45, 7) is 3.47. The second-order valence-corrected chi connectivity index (χ2v) is 20.4. The lowest BCUT2D eigenvalue weighted by Gasteiger charge is -2.40. The molecular formula is C55H109NO10. The third-order valence-electron chi connectivity index (χ3n) is 14.2. The first-order valence-electron chi connectivity index (χ1n) is 28.4. The molecule has 8 N–H and O–H groups in total. The molecular weight excluding hydrogens is 835 g/mol. The lowest BCUT2D eigenvalue weighted by molar-refractivity contribution is -0.303. The molecule has 0 aliphatic carbocycles. The molecule has 1 aliphatic rings. The Bertz CT molecular complexity index is 1040. The van der Waals surface area contributed by atoms with Gasteiger partial charge in [0.2, 0.25) is 5.91 Å². The molecule has 1 amide bonds. The summed E-state index contributed by atoms with van der Waals surface area (Å²) in [6, 6.07) is -1.16. The Morgan fingerprint density at radius 2 is 0.788 bits per heavy atom. The first-order chi connectivity index (χ1) is 32.2. The van der Waals surface area contributed by atoms with Gasteiger partial charge in [-0.05, 0) is 12.8 Å². The van der Waals surface area contributed by atoms with E-state index in [1.165, 1.54) is 199 Å². The Morgan fingerprint density at radius 3 is 1.12 bits per heavy atom. The number of nitrogens with one attached hydrogen (secondary N) is 1. The molecule has 0 saturated carbocycles. The van der Waals surface area contributed by atoms with Gasteiger partial charge in [-0.15, -0.1) is 0 Å². The largest absolute Gasteiger partial charge is 0.394 e. The summed E-state index contributed by atoms with van der Waals surface area (Å²) < 4.78 is 11.1. The first-order valence-corrected chi connectivity index (χ1v) is 28.4. The summed E-state index contributed by atoms with van der Waals surface area (Å²) in [5.41, 5.74) is 0. The van der Waals surface area contributed by atoms with Gasteiger partial charge in [0.1, 0.15) is 36.6 Å². The van der Waals surface area contributed by atoms with E-state index in [1.807, 2.05) is 0 Å². The number of hydrogen-bond acceptors (Lipinski definition) is 10.